The van der Waals surface area contributed by atoms with E-state index in [1.807, 2.05) is 36.6 Å². The van der Waals surface area contributed by atoms with E-state index < -0.39 is 0 Å². The maximum atomic E-state index is 13.0. The average Bonchev–Trinajstić information content (AvgIpc) is 2.51. The Labute approximate surface area is 130 Å². The molecule has 0 aliphatic rings. The van der Waals surface area contributed by atoms with E-state index in [1.54, 1.807) is 6.08 Å². The summed E-state index contributed by atoms with van der Waals surface area (Å²) in [5.41, 5.74) is 13.8. The number of aromatic nitrogens is 1. The molecule has 0 radical (unpaired) electrons. The van der Waals surface area contributed by atoms with Crippen LogP contribution in [0.5, 0.6) is 0 Å². The van der Waals surface area contributed by atoms with Gasteiger partial charge in [-0.1, -0.05) is 25.1 Å². The largest absolute Gasteiger partial charge is 0.405 e. The Morgan fingerprint density at radius 2 is 2.05 bits per heavy atom. The fraction of sp³-hybridized carbons (Fsp3) is 0.278. The summed E-state index contributed by atoms with van der Waals surface area (Å²) in [4.78, 5) is 13.0. The first-order valence-corrected chi connectivity index (χ1v) is 7.52. The summed E-state index contributed by atoms with van der Waals surface area (Å²) in [6.45, 7) is 6.11. The van der Waals surface area contributed by atoms with Gasteiger partial charge >= 0.3 is 0 Å². The molecule has 0 spiro atoms. The van der Waals surface area contributed by atoms with Crippen molar-refractivity contribution in [3.63, 3.8) is 0 Å². The SMILES string of the molecule is CCc1cc2cccc(C(/C=C\N)=C/N)c2c(=O)n1C(C)C. The van der Waals surface area contributed by atoms with Gasteiger partial charge in [0.05, 0.1) is 5.39 Å². The lowest BCUT2D eigenvalue weighted by Gasteiger charge is -2.18. The topological polar surface area (TPSA) is 74.0 Å². The highest BCUT2D eigenvalue weighted by atomic mass is 16.1. The summed E-state index contributed by atoms with van der Waals surface area (Å²) in [6.07, 6.45) is 5.43. The van der Waals surface area contributed by atoms with Gasteiger partial charge in [0, 0.05) is 17.9 Å². The first-order valence-electron chi connectivity index (χ1n) is 7.52. The quantitative estimate of drug-likeness (QED) is 0.852. The van der Waals surface area contributed by atoms with Crippen molar-refractivity contribution in [2.75, 3.05) is 0 Å². The van der Waals surface area contributed by atoms with Gasteiger partial charge in [0.1, 0.15) is 0 Å². The van der Waals surface area contributed by atoms with Crippen LogP contribution in [0.4, 0.5) is 0 Å². The van der Waals surface area contributed by atoms with Crippen LogP contribution >= 0.6 is 0 Å². The van der Waals surface area contributed by atoms with Gasteiger partial charge in [0.25, 0.3) is 5.56 Å². The van der Waals surface area contributed by atoms with Crippen molar-refractivity contribution in [1.82, 2.24) is 4.57 Å². The predicted octanol–water partition coefficient (Wildman–Crippen LogP) is 2.92. The van der Waals surface area contributed by atoms with Crippen molar-refractivity contribution in [3.05, 3.63) is 64.4 Å². The van der Waals surface area contributed by atoms with Crippen molar-refractivity contribution in [3.8, 4) is 0 Å². The molecule has 1 aromatic carbocycles. The minimum absolute atomic E-state index is 0.0183. The molecule has 0 fully saturated rings. The van der Waals surface area contributed by atoms with Crippen LogP contribution in [0.1, 0.15) is 38.1 Å². The number of pyridine rings is 1. The van der Waals surface area contributed by atoms with Crippen LogP contribution in [-0.2, 0) is 6.42 Å². The Balaban J connectivity index is 2.93. The number of nitrogens with zero attached hydrogens (tertiary/aromatic N) is 1. The maximum Gasteiger partial charge on any atom is 0.259 e. The van der Waals surface area contributed by atoms with Gasteiger partial charge in [-0.3, -0.25) is 4.79 Å². The first kappa shape index (κ1) is 15.9. The minimum Gasteiger partial charge on any atom is -0.405 e. The zero-order valence-electron chi connectivity index (χ0n) is 13.3. The van der Waals surface area contributed by atoms with Crippen molar-refractivity contribution in [2.24, 2.45) is 11.5 Å². The molecule has 0 atom stereocenters. The van der Waals surface area contributed by atoms with Gasteiger partial charge in [-0.2, -0.15) is 0 Å². The molecule has 0 saturated heterocycles. The summed E-state index contributed by atoms with van der Waals surface area (Å²) in [7, 11) is 0. The number of aryl methyl sites for hydroxylation is 1. The van der Waals surface area contributed by atoms with Crippen LogP contribution in [0.25, 0.3) is 16.3 Å². The normalized spacial score (nSPS) is 12.6. The van der Waals surface area contributed by atoms with E-state index in [9.17, 15) is 4.79 Å². The van der Waals surface area contributed by atoms with E-state index in [0.29, 0.717) is 5.39 Å². The fourth-order valence-corrected chi connectivity index (χ4v) is 2.85. The Kier molecular flexibility index (Phi) is 4.71. The number of fused-ring (bicyclic) bond motifs is 1. The molecule has 0 aliphatic carbocycles. The van der Waals surface area contributed by atoms with Crippen molar-refractivity contribution in [1.29, 1.82) is 0 Å². The number of hydrogen-bond acceptors (Lipinski definition) is 3. The molecule has 2 aromatic rings. The smallest absolute Gasteiger partial charge is 0.259 e. The molecule has 4 heteroatoms. The lowest BCUT2D eigenvalue weighted by molar-refractivity contribution is 0.557. The zero-order chi connectivity index (χ0) is 16.3. The molecule has 4 nitrogen and oxygen atoms in total. The van der Waals surface area contributed by atoms with Crippen LogP contribution in [-0.4, -0.2) is 4.57 Å². The molecule has 0 aliphatic heterocycles. The minimum atomic E-state index is 0.0183. The maximum absolute atomic E-state index is 13.0. The highest BCUT2D eigenvalue weighted by molar-refractivity contribution is 5.95. The predicted molar refractivity (Wildman–Crippen MR) is 93.5 cm³/mol. The number of benzene rings is 1. The van der Waals surface area contributed by atoms with E-state index >= 15 is 0 Å². The summed E-state index contributed by atoms with van der Waals surface area (Å²) in [6, 6.07) is 7.99. The van der Waals surface area contributed by atoms with E-state index in [2.05, 4.69) is 13.0 Å². The van der Waals surface area contributed by atoms with Crippen molar-refractivity contribution in [2.45, 2.75) is 33.2 Å². The molecule has 22 heavy (non-hydrogen) atoms. The van der Waals surface area contributed by atoms with Gasteiger partial charge < -0.3 is 16.0 Å². The Morgan fingerprint density at radius 3 is 2.59 bits per heavy atom. The Morgan fingerprint density at radius 1 is 1.32 bits per heavy atom. The van der Waals surface area contributed by atoms with Gasteiger partial charge in [0.2, 0.25) is 0 Å². The summed E-state index contributed by atoms with van der Waals surface area (Å²) in [5.74, 6) is 0. The van der Waals surface area contributed by atoms with Crippen LogP contribution in [0.3, 0.4) is 0 Å². The Hall–Kier alpha value is -2.49. The van der Waals surface area contributed by atoms with Gasteiger partial charge in [0.15, 0.2) is 0 Å². The fourth-order valence-electron chi connectivity index (χ4n) is 2.85. The van der Waals surface area contributed by atoms with Crippen LogP contribution < -0.4 is 17.0 Å². The highest BCUT2D eigenvalue weighted by Crippen LogP contribution is 2.25. The molecule has 4 N–H and O–H groups in total. The van der Waals surface area contributed by atoms with E-state index in [1.165, 1.54) is 12.4 Å². The number of nitrogens with two attached hydrogens (primary N) is 2. The molecule has 0 saturated carbocycles. The second kappa shape index (κ2) is 6.52. The van der Waals surface area contributed by atoms with E-state index in [0.717, 1.165) is 28.6 Å². The lowest BCUT2D eigenvalue weighted by atomic mass is 9.98. The van der Waals surface area contributed by atoms with Gasteiger partial charge in [-0.25, -0.2) is 0 Å². The number of hydrogen-bond donors (Lipinski definition) is 2. The van der Waals surface area contributed by atoms with Gasteiger partial charge in [-0.05, 0) is 55.1 Å². The monoisotopic (exact) mass is 297 g/mol. The second-order valence-electron chi connectivity index (χ2n) is 5.51. The molecule has 0 amide bonds. The molecule has 116 valence electrons. The van der Waals surface area contributed by atoms with E-state index in [-0.39, 0.29) is 11.6 Å². The van der Waals surface area contributed by atoms with Crippen molar-refractivity contribution >= 4 is 16.3 Å². The molecule has 1 aromatic heterocycles. The van der Waals surface area contributed by atoms with Gasteiger partial charge in [-0.15, -0.1) is 0 Å². The highest BCUT2D eigenvalue weighted by Gasteiger charge is 2.14. The number of allylic oxidation sites excluding steroid dienone is 2. The molecular weight excluding hydrogens is 274 g/mol. The number of rotatable bonds is 4. The third-order valence-corrected chi connectivity index (χ3v) is 3.81. The lowest BCUT2D eigenvalue weighted by Crippen LogP contribution is -2.26. The molecule has 0 unspecified atom stereocenters. The van der Waals surface area contributed by atoms with Crippen molar-refractivity contribution < 1.29 is 0 Å². The third-order valence-electron chi connectivity index (χ3n) is 3.81. The van der Waals surface area contributed by atoms with E-state index in [4.69, 9.17) is 11.5 Å². The summed E-state index contributed by atoms with van der Waals surface area (Å²) < 4.78 is 1.85. The molecule has 2 rings (SSSR count). The van der Waals surface area contributed by atoms with Crippen LogP contribution in [0.15, 0.2) is 47.5 Å². The van der Waals surface area contributed by atoms with Crippen LogP contribution in [0.2, 0.25) is 0 Å². The summed E-state index contributed by atoms with van der Waals surface area (Å²) in [5, 5.41) is 1.62. The third kappa shape index (κ3) is 2.64. The first-order chi connectivity index (χ1) is 10.5. The standard InChI is InChI=1S/C18H23N3O/c1-4-15-10-13-6-5-7-16(14(11-20)8-9-19)17(13)18(22)21(15)12(2)3/h5-12H,4,19-20H2,1-3H3/b9-8-,14-11+. The zero-order valence-corrected chi connectivity index (χ0v) is 13.3. The molecule has 1 heterocycles. The van der Waals surface area contributed by atoms with Crippen LogP contribution in [0, 0.1) is 0 Å². The average molecular weight is 297 g/mol. The Bertz CT molecular complexity index is 798. The summed E-state index contributed by atoms with van der Waals surface area (Å²) >= 11 is 0. The second-order valence-corrected chi connectivity index (χ2v) is 5.51. The molecular formula is C18H23N3O. The molecule has 0 bridgehead atoms.